The normalized spacial score (nSPS) is 16.7. The van der Waals surface area contributed by atoms with E-state index < -0.39 is 51.7 Å². The summed E-state index contributed by atoms with van der Waals surface area (Å²) in [7, 11) is -3.95. The van der Waals surface area contributed by atoms with Crippen molar-refractivity contribution >= 4 is 21.9 Å². The average molecular weight is 507 g/mol. The molecule has 0 aliphatic carbocycles. The van der Waals surface area contributed by atoms with Crippen molar-refractivity contribution in [3.05, 3.63) is 59.4 Å². The molecule has 1 aliphatic heterocycles. The van der Waals surface area contributed by atoms with Crippen LogP contribution in [-0.2, 0) is 19.5 Å². The highest BCUT2D eigenvalue weighted by atomic mass is 32.2. The molecule has 35 heavy (non-hydrogen) atoms. The van der Waals surface area contributed by atoms with Crippen LogP contribution >= 0.6 is 0 Å². The summed E-state index contributed by atoms with van der Waals surface area (Å²) in [4.78, 5) is 26.4. The van der Waals surface area contributed by atoms with Crippen LogP contribution in [0.5, 0.6) is 0 Å². The number of hydrogen-bond donors (Lipinski definition) is 1. The van der Waals surface area contributed by atoms with E-state index in [-0.39, 0.29) is 30.8 Å². The molecule has 1 heterocycles. The van der Waals surface area contributed by atoms with Crippen LogP contribution < -0.4 is 4.72 Å². The fraction of sp³-hybridized carbons (Fsp3) is 0.440. The van der Waals surface area contributed by atoms with Gasteiger partial charge in [-0.25, -0.2) is 22.3 Å². The standard InChI is InChI=1S/C25H31FN2O6S/c1-17-12-19(18-8-6-5-7-9-18)13-21(23(17)26)22(29)14-27-35(31,32)16-20-15-28(10-11-33-20)24(30)34-25(2,3)4/h5-9,12-13,20,27H,10-11,14-16H2,1-4H3. The molecular weight excluding hydrogens is 475 g/mol. The number of nitrogens with one attached hydrogen (secondary N) is 1. The lowest BCUT2D eigenvalue weighted by Gasteiger charge is -2.34. The Labute approximate surface area is 205 Å². The van der Waals surface area contributed by atoms with Crippen molar-refractivity contribution in [2.45, 2.75) is 39.4 Å². The third-order valence-corrected chi connectivity index (χ3v) is 6.71. The van der Waals surface area contributed by atoms with E-state index in [2.05, 4.69) is 4.72 Å². The largest absolute Gasteiger partial charge is 0.444 e. The minimum absolute atomic E-state index is 0.0384. The van der Waals surface area contributed by atoms with E-state index in [1.165, 1.54) is 11.0 Å². The van der Waals surface area contributed by atoms with Crippen molar-refractivity contribution < 1.29 is 31.9 Å². The zero-order valence-corrected chi connectivity index (χ0v) is 21.2. The molecule has 1 amide bonds. The van der Waals surface area contributed by atoms with E-state index in [0.29, 0.717) is 5.56 Å². The van der Waals surface area contributed by atoms with Gasteiger partial charge >= 0.3 is 6.09 Å². The number of ether oxygens (including phenoxy) is 2. The second kappa shape index (κ2) is 10.8. The van der Waals surface area contributed by atoms with Gasteiger partial charge in [-0.15, -0.1) is 0 Å². The molecule has 3 rings (SSSR count). The number of benzene rings is 2. The molecule has 10 heteroatoms. The topological polar surface area (TPSA) is 102 Å². The smallest absolute Gasteiger partial charge is 0.410 e. The molecule has 0 radical (unpaired) electrons. The molecule has 2 aromatic carbocycles. The molecule has 0 spiro atoms. The minimum atomic E-state index is -3.95. The number of carbonyl (C=O) groups excluding carboxylic acids is 2. The first-order valence-corrected chi connectivity index (χ1v) is 13.0. The number of aryl methyl sites for hydroxylation is 1. The maximum atomic E-state index is 14.7. The van der Waals surface area contributed by atoms with Crippen molar-refractivity contribution in [1.82, 2.24) is 9.62 Å². The summed E-state index contributed by atoms with van der Waals surface area (Å²) >= 11 is 0. The Kier molecular flexibility index (Phi) is 8.30. The number of Topliss-reactive ketones (excluding diaryl/α,β-unsaturated/α-hetero) is 1. The number of hydrogen-bond acceptors (Lipinski definition) is 6. The summed E-state index contributed by atoms with van der Waals surface area (Å²) < 4.78 is 53.0. The van der Waals surface area contributed by atoms with E-state index in [0.717, 1.165) is 5.56 Å². The lowest BCUT2D eigenvalue weighted by molar-refractivity contribution is -0.0343. The van der Waals surface area contributed by atoms with Crippen molar-refractivity contribution in [3.63, 3.8) is 0 Å². The Balaban J connectivity index is 1.63. The van der Waals surface area contributed by atoms with Gasteiger partial charge < -0.3 is 14.4 Å². The maximum Gasteiger partial charge on any atom is 0.410 e. The van der Waals surface area contributed by atoms with Gasteiger partial charge in [-0.2, -0.15) is 0 Å². The Morgan fingerprint density at radius 2 is 1.86 bits per heavy atom. The summed E-state index contributed by atoms with van der Waals surface area (Å²) in [5.74, 6) is -1.82. The van der Waals surface area contributed by atoms with Gasteiger partial charge in [0, 0.05) is 6.54 Å². The third kappa shape index (κ3) is 7.58. The molecule has 0 bridgehead atoms. The molecule has 2 aromatic rings. The number of halogens is 1. The maximum absolute atomic E-state index is 14.7. The Morgan fingerprint density at radius 3 is 2.51 bits per heavy atom. The van der Waals surface area contributed by atoms with E-state index in [4.69, 9.17) is 9.47 Å². The zero-order chi connectivity index (χ0) is 25.8. The lowest BCUT2D eigenvalue weighted by atomic mass is 9.98. The van der Waals surface area contributed by atoms with Gasteiger partial charge in [0.05, 0.1) is 37.1 Å². The molecule has 8 nitrogen and oxygen atoms in total. The molecule has 1 atom stereocenters. The van der Waals surface area contributed by atoms with Crippen LogP contribution in [0, 0.1) is 12.7 Å². The van der Waals surface area contributed by atoms with E-state index in [1.807, 2.05) is 30.3 Å². The highest BCUT2D eigenvalue weighted by molar-refractivity contribution is 7.89. The average Bonchev–Trinajstić information content (AvgIpc) is 2.78. The van der Waals surface area contributed by atoms with Crippen LogP contribution in [0.15, 0.2) is 42.5 Å². The second-order valence-electron chi connectivity index (χ2n) is 9.47. The zero-order valence-electron chi connectivity index (χ0n) is 20.3. The summed E-state index contributed by atoms with van der Waals surface area (Å²) in [6.45, 7) is 6.68. The first-order valence-electron chi connectivity index (χ1n) is 11.3. The number of sulfonamides is 1. The van der Waals surface area contributed by atoms with Crippen molar-refractivity contribution in [3.8, 4) is 11.1 Å². The van der Waals surface area contributed by atoms with E-state index >= 15 is 0 Å². The summed E-state index contributed by atoms with van der Waals surface area (Å²) in [5.41, 5.74) is 0.902. The van der Waals surface area contributed by atoms with Crippen LogP contribution in [0.1, 0.15) is 36.7 Å². The molecule has 190 valence electrons. The molecule has 1 aliphatic rings. The number of amides is 1. The lowest BCUT2D eigenvalue weighted by Crippen LogP contribution is -2.50. The van der Waals surface area contributed by atoms with E-state index in [1.54, 1.807) is 33.8 Å². The van der Waals surface area contributed by atoms with Crippen molar-refractivity contribution in [2.24, 2.45) is 0 Å². The number of nitrogens with zero attached hydrogens (tertiary/aromatic N) is 1. The Morgan fingerprint density at radius 1 is 1.17 bits per heavy atom. The van der Waals surface area contributed by atoms with Gasteiger partial charge in [0.25, 0.3) is 0 Å². The van der Waals surface area contributed by atoms with Crippen molar-refractivity contribution in [2.75, 3.05) is 32.0 Å². The third-order valence-electron chi connectivity index (χ3n) is 5.31. The molecule has 1 N–H and O–H groups in total. The Bertz CT molecular complexity index is 1180. The SMILES string of the molecule is Cc1cc(-c2ccccc2)cc(C(=O)CNS(=O)(=O)CC2CN(C(=O)OC(C)(C)C)CCO2)c1F. The molecule has 1 saturated heterocycles. The molecule has 1 fully saturated rings. The predicted octanol–water partition coefficient (Wildman–Crippen LogP) is 3.54. The van der Waals surface area contributed by atoms with Gasteiger partial charge in [0.2, 0.25) is 10.0 Å². The van der Waals surface area contributed by atoms with Gasteiger partial charge in [0.15, 0.2) is 5.78 Å². The summed E-state index contributed by atoms with van der Waals surface area (Å²) in [6, 6.07) is 12.3. The summed E-state index contributed by atoms with van der Waals surface area (Å²) in [6.07, 6.45) is -1.33. The second-order valence-corrected chi connectivity index (χ2v) is 11.3. The van der Waals surface area contributed by atoms with Crippen LogP contribution in [0.3, 0.4) is 0 Å². The fourth-order valence-corrected chi connectivity index (χ4v) is 4.82. The Hall–Kier alpha value is -2.82. The molecule has 0 saturated carbocycles. The van der Waals surface area contributed by atoms with Gasteiger partial charge in [-0.1, -0.05) is 30.3 Å². The van der Waals surface area contributed by atoms with Crippen molar-refractivity contribution in [1.29, 1.82) is 0 Å². The fourth-order valence-electron chi connectivity index (χ4n) is 3.66. The number of carbonyl (C=O) groups is 2. The van der Waals surface area contributed by atoms with E-state index in [9.17, 15) is 22.4 Å². The molecular formula is C25H31FN2O6S. The van der Waals surface area contributed by atoms with Gasteiger partial charge in [0.1, 0.15) is 11.4 Å². The highest BCUT2D eigenvalue weighted by Crippen LogP contribution is 2.25. The van der Waals surface area contributed by atoms with Crippen LogP contribution in [0.4, 0.5) is 9.18 Å². The summed E-state index contributed by atoms with van der Waals surface area (Å²) in [5, 5.41) is 0. The van der Waals surface area contributed by atoms with Gasteiger partial charge in [-0.05, 0) is 56.5 Å². The van der Waals surface area contributed by atoms with Crippen LogP contribution in [-0.4, -0.2) is 68.9 Å². The number of ketones is 1. The minimum Gasteiger partial charge on any atom is -0.444 e. The van der Waals surface area contributed by atoms with Crippen LogP contribution in [0.2, 0.25) is 0 Å². The highest BCUT2D eigenvalue weighted by Gasteiger charge is 2.31. The number of morpholine rings is 1. The quantitative estimate of drug-likeness (QED) is 0.577. The molecule has 1 unspecified atom stereocenters. The predicted molar refractivity (Wildman–Crippen MR) is 130 cm³/mol. The molecule has 0 aromatic heterocycles. The number of rotatable bonds is 7. The van der Waals surface area contributed by atoms with Gasteiger partial charge in [-0.3, -0.25) is 4.79 Å². The first kappa shape index (κ1) is 26.8. The first-order chi connectivity index (χ1) is 16.3. The van der Waals surface area contributed by atoms with Crippen LogP contribution in [0.25, 0.3) is 11.1 Å². The monoisotopic (exact) mass is 506 g/mol.